The third-order valence-corrected chi connectivity index (χ3v) is 6.64. The fraction of sp³-hybridized carbons (Fsp3) is 0.200. The van der Waals surface area contributed by atoms with Crippen LogP contribution in [-0.4, -0.2) is 28.5 Å². The molecule has 4 rings (SSSR count). The summed E-state index contributed by atoms with van der Waals surface area (Å²) in [5.41, 5.74) is 3.54. The quantitative estimate of drug-likeness (QED) is 0.432. The van der Waals surface area contributed by atoms with E-state index >= 15 is 0 Å². The number of aryl methyl sites for hydroxylation is 3. The second-order valence-electron chi connectivity index (χ2n) is 7.96. The first-order valence-electron chi connectivity index (χ1n) is 10.6. The highest BCUT2D eigenvalue weighted by Gasteiger charge is 2.20. The molecule has 0 atom stereocenters. The number of rotatable bonds is 6. The van der Waals surface area contributed by atoms with Crippen molar-refractivity contribution in [2.24, 2.45) is 0 Å². The van der Waals surface area contributed by atoms with Gasteiger partial charge in [-0.2, -0.15) is 0 Å². The molecule has 2 N–H and O–H groups in total. The molecule has 2 aromatic carbocycles. The number of carbonyl (C=O) groups excluding carboxylic acids is 2. The largest absolute Gasteiger partial charge is 0.497 e. The number of benzene rings is 2. The highest BCUT2D eigenvalue weighted by Crippen LogP contribution is 2.28. The first-order valence-corrected chi connectivity index (χ1v) is 11.4. The molecule has 0 aliphatic heterocycles. The molecule has 2 heterocycles. The van der Waals surface area contributed by atoms with Crippen molar-refractivity contribution in [3.05, 3.63) is 80.7 Å². The second-order valence-corrected chi connectivity index (χ2v) is 8.96. The first kappa shape index (κ1) is 23.2. The third-order valence-electron chi connectivity index (χ3n) is 5.44. The molecule has 0 aliphatic rings. The van der Waals surface area contributed by atoms with Gasteiger partial charge in [-0.15, -0.1) is 11.3 Å². The molecule has 34 heavy (non-hydrogen) atoms. The number of fused-ring (bicyclic) bond motifs is 1. The third kappa shape index (κ3) is 4.69. The van der Waals surface area contributed by atoms with E-state index in [-0.39, 0.29) is 23.9 Å². The molecule has 8 nitrogen and oxygen atoms in total. The van der Waals surface area contributed by atoms with E-state index in [2.05, 4.69) is 15.6 Å². The Balaban J connectivity index is 1.56. The van der Waals surface area contributed by atoms with Crippen LogP contribution in [0.2, 0.25) is 0 Å². The fourth-order valence-electron chi connectivity index (χ4n) is 3.65. The zero-order chi connectivity index (χ0) is 24.4. The Hall–Kier alpha value is -3.98. The van der Waals surface area contributed by atoms with Gasteiger partial charge in [-0.1, -0.05) is 17.7 Å². The SMILES string of the molecule is COc1ccc(NC(=O)Cn2cnc3sc(C(=O)Nc4ccc(C)cc4C)c(C)c3c2=O)cc1. The van der Waals surface area contributed by atoms with Gasteiger partial charge >= 0.3 is 0 Å². The molecule has 4 aromatic rings. The van der Waals surface area contributed by atoms with Gasteiger partial charge in [0.2, 0.25) is 5.91 Å². The van der Waals surface area contributed by atoms with Crippen LogP contribution in [0.15, 0.2) is 53.6 Å². The lowest BCUT2D eigenvalue weighted by Crippen LogP contribution is -2.27. The molecule has 0 bridgehead atoms. The number of hydrogen-bond donors (Lipinski definition) is 2. The minimum Gasteiger partial charge on any atom is -0.497 e. The maximum atomic E-state index is 13.1. The van der Waals surface area contributed by atoms with E-state index in [4.69, 9.17) is 4.74 Å². The Kier molecular flexibility index (Phi) is 6.47. The molecule has 0 aliphatic carbocycles. The van der Waals surface area contributed by atoms with Crippen molar-refractivity contribution < 1.29 is 14.3 Å². The zero-order valence-corrected chi connectivity index (χ0v) is 20.1. The standard InChI is InChI=1S/C25H24N4O4S/c1-14-5-10-19(15(2)11-14)28-23(31)22-16(3)21-24(34-22)26-13-29(25(21)32)12-20(30)27-17-6-8-18(33-4)9-7-17/h5-11,13H,12H2,1-4H3,(H,27,30)(H,28,31). The summed E-state index contributed by atoms with van der Waals surface area (Å²) >= 11 is 1.16. The van der Waals surface area contributed by atoms with Crippen LogP contribution in [0.4, 0.5) is 11.4 Å². The van der Waals surface area contributed by atoms with E-state index in [0.717, 1.165) is 22.5 Å². The summed E-state index contributed by atoms with van der Waals surface area (Å²) in [7, 11) is 1.56. The van der Waals surface area contributed by atoms with Crippen molar-refractivity contribution >= 4 is 44.7 Å². The van der Waals surface area contributed by atoms with E-state index < -0.39 is 0 Å². The summed E-state index contributed by atoms with van der Waals surface area (Å²) in [6.45, 7) is 5.44. The van der Waals surface area contributed by atoms with Crippen LogP contribution < -0.4 is 20.9 Å². The van der Waals surface area contributed by atoms with E-state index in [1.165, 1.54) is 10.9 Å². The lowest BCUT2D eigenvalue weighted by atomic mass is 10.1. The van der Waals surface area contributed by atoms with Crippen LogP contribution >= 0.6 is 11.3 Å². The van der Waals surface area contributed by atoms with E-state index in [0.29, 0.717) is 37.8 Å². The number of thiophene rings is 1. The van der Waals surface area contributed by atoms with Gasteiger partial charge in [0.1, 0.15) is 17.1 Å². The Morgan fingerprint density at radius 1 is 1.06 bits per heavy atom. The Labute approximate surface area is 200 Å². The molecule has 0 saturated carbocycles. The number of carbonyl (C=O) groups is 2. The van der Waals surface area contributed by atoms with Crippen LogP contribution in [0.1, 0.15) is 26.4 Å². The van der Waals surface area contributed by atoms with Crippen LogP contribution in [0.25, 0.3) is 10.2 Å². The number of hydrogen-bond acceptors (Lipinski definition) is 6. The van der Waals surface area contributed by atoms with Crippen LogP contribution in [0, 0.1) is 20.8 Å². The van der Waals surface area contributed by atoms with Gasteiger partial charge in [0.15, 0.2) is 0 Å². The van der Waals surface area contributed by atoms with Gasteiger partial charge in [0, 0.05) is 11.4 Å². The molecule has 174 valence electrons. The van der Waals surface area contributed by atoms with Crippen molar-refractivity contribution in [2.75, 3.05) is 17.7 Å². The zero-order valence-electron chi connectivity index (χ0n) is 19.3. The van der Waals surface area contributed by atoms with Gasteiger partial charge in [-0.25, -0.2) is 4.98 Å². The number of amides is 2. The topological polar surface area (TPSA) is 102 Å². The average molecular weight is 477 g/mol. The number of anilines is 2. The summed E-state index contributed by atoms with van der Waals surface area (Å²) < 4.78 is 6.35. The summed E-state index contributed by atoms with van der Waals surface area (Å²) in [6, 6.07) is 12.7. The van der Waals surface area contributed by atoms with Gasteiger partial charge in [0.25, 0.3) is 11.5 Å². The van der Waals surface area contributed by atoms with Gasteiger partial charge in [0.05, 0.1) is 23.7 Å². The summed E-state index contributed by atoms with van der Waals surface area (Å²) in [4.78, 5) is 43.8. The molecule has 9 heteroatoms. The number of methoxy groups -OCH3 is 1. The molecular formula is C25H24N4O4S. The van der Waals surface area contributed by atoms with Gasteiger partial charge < -0.3 is 15.4 Å². The maximum Gasteiger partial charge on any atom is 0.266 e. The van der Waals surface area contributed by atoms with E-state index in [1.54, 1.807) is 38.3 Å². The summed E-state index contributed by atoms with van der Waals surface area (Å²) in [6.07, 6.45) is 1.33. The van der Waals surface area contributed by atoms with Crippen LogP contribution in [-0.2, 0) is 11.3 Å². The predicted octanol–water partition coefficient (Wildman–Crippen LogP) is 4.28. The van der Waals surface area contributed by atoms with Crippen LogP contribution in [0.5, 0.6) is 5.75 Å². The van der Waals surface area contributed by atoms with E-state index in [1.807, 2.05) is 32.0 Å². The molecule has 2 aromatic heterocycles. The Morgan fingerprint density at radius 3 is 2.47 bits per heavy atom. The monoisotopic (exact) mass is 476 g/mol. The van der Waals surface area contributed by atoms with Crippen molar-refractivity contribution in [2.45, 2.75) is 27.3 Å². The summed E-state index contributed by atoms with van der Waals surface area (Å²) in [5, 5.41) is 6.01. The Bertz CT molecular complexity index is 1450. The average Bonchev–Trinajstić information content (AvgIpc) is 3.15. The first-order chi connectivity index (χ1) is 16.3. The fourth-order valence-corrected chi connectivity index (χ4v) is 4.69. The number of nitrogens with one attached hydrogen (secondary N) is 2. The number of ether oxygens (including phenoxy) is 1. The normalized spacial score (nSPS) is 10.8. The Morgan fingerprint density at radius 2 is 1.79 bits per heavy atom. The van der Waals surface area contributed by atoms with Crippen LogP contribution in [0.3, 0.4) is 0 Å². The molecule has 2 amide bonds. The lowest BCUT2D eigenvalue weighted by Gasteiger charge is -2.09. The lowest BCUT2D eigenvalue weighted by molar-refractivity contribution is -0.116. The number of aromatic nitrogens is 2. The molecule has 0 unspecified atom stereocenters. The molecule has 0 saturated heterocycles. The van der Waals surface area contributed by atoms with Crippen molar-refractivity contribution in [3.63, 3.8) is 0 Å². The second kappa shape index (κ2) is 9.48. The smallest absolute Gasteiger partial charge is 0.266 e. The van der Waals surface area contributed by atoms with Gasteiger partial charge in [-0.05, 0) is 62.2 Å². The highest BCUT2D eigenvalue weighted by molar-refractivity contribution is 7.20. The van der Waals surface area contributed by atoms with Gasteiger partial charge in [-0.3, -0.25) is 19.0 Å². The molecule has 0 radical (unpaired) electrons. The van der Waals surface area contributed by atoms with Crippen molar-refractivity contribution in [1.29, 1.82) is 0 Å². The van der Waals surface area contributed by atoms with Crippen molar-refractivity contribution in [3.8, 4) is 5.75 Å². The molecule has 0 fully saturated rings. The minimum atomic E-state index is -0.367. The highest BCUT2D eigenvalue weighted by atomic mass is 32.1. The molecular weight excluding hydrogens is 452 g/mol. The summed E-state index contributed by atoms with van der Waals surface area (Å²) in [5.74, 6) is 0.0129. The predicted molar refractivity (Wildman–Crippen MR) is 134 cm³/mol. The minimum absolute atomic E-state index is 0.201. The number of nitrogens with zero attached hydrogens (tertiary/aromatic N) is 2. The molecule has 0 spiro atoms. The van der Waals surface area contributed by atoms with E-state index in [9.17, 15) is 14.4 Å². The maximum absolute atomic E-state index is 13.1. The van der Waals surface area contributed by atoms with Crippen molar-refractivity contribution in [1.82, 2.24) is 9.55 Å².